The number of nitrogens with zero attached hydrogens (tertiary/aromatic N) is 1. The van der Waals surface area contributed by atoms with Crippen molar-refractivity contribution < 1.29 is 22.7 Å². The predicted molar refractivity (Wildman–Crippen MR) is 70.9 cm³/mol. The molecule has 1 atom stereocenters. The Kier molecular flexibility index (Phi) is 4.38. The van der Waals surface area contributed by atoms with Gasteiger partial charge in [0.25, 0.3) is 5.56 Å². The van der Waals surface area contributed by atoms with Gasteiger partial charge in [-0.15, -0.1) is 0 Å². The fraction of sp³-hybridized carbons (Fsp3) is 0.500. The summed E-state index contributed by atoms with van der Waals surface area (Å²) >= 11 is 0. The molecule has 1 aromatic rings. The zero-order valence-corrected chi connectivity index (χ0v) is 12.2. The van der Waals surface area contributed by atoms with E-state index in [0.717, 1.165) is 30.0 Å². The normalized spacial score (nSPS) is 14.8. The van der Waals surface area contributed by atoms with Gasteiger partial charge in [0, 0.05) is 25.1 Å². The Labute approximate surface area is 115 Å². The first kappa shape index (κ1) is 16.4. The molecule has 0 aromatic carbocycles. The molecule has 0 aliphatic heterocycles. The first-order chi connectivity index (χ1) is 8.99. The lowest BCUT2D eigenvalue weighted by Crippen LogP contribution is -2.44. The Balaban J connectivity index is 3.10. The molecule has 112 valence electrons. The van der Waals surface area contributed by atoms with Crippen molar-refractivity contribution in [3.63, 3.8) is 0 Å². The van der Waals surface area contributed by atoms with Gasteiger partial charge in [0.05, 0.1) is 0 Å². The molecule has 0 fully saturated rings. The number of carbonyl (C=O) groups is 1. The molecule has 1 N–H and O–H groups in total. The summed E-state index contributed by atoms with van der Waals surface area (Å²) in [7, 11) is -3.87. The second-order valence-corrected chi connectivity index (χ2v) is 7.34. The number of sulfone groups is 1. The van der Waals surface area contributed by atoms with Gasteiger partial charge in [-0.1, -0.05) is 0 Å². The lowest BCUT2D eigenvalue weighted by Gasteiger charge is -2.23. The fourth-order valence-corrected chi connectivity index (χ4v) is 2.38. The minimum Gasteiger partial charge on any atom is -0.480 e. The van der Waals surface area contributed by atoms with Crippen LogP contribution in [0.2, 0.25) is 0 Å². The number of halogens is 1. The highest BCUT2D eigenvalue weighted by Crippen LogP contribution is 2.22. The average Bonchev–Trinajstić information content (AvgIpc) is 2.29. The van der Waals surface area contributed by atoms with Crippen molar-refractivity contribution in [1.29, 1.82) is 0 Å². The number of aryl methyl sites for hydroxylation is 2. The summed E-state index contributed by atoms with van der Waals surface area (Å²) in [6.07, 6.45) is 1.44. The molecule has 1 heterocycles. The monoisotopic (exact) mass is 305 g/mol. The van der Waals surface area contributed by atoms with Gasteiger partial charge in [-0.05, 0) is 25.8 Å². The highest BCUT2D eigenvalue weighted by Gasteiger charge is 2.43. The summed E-state index contributed by atoms with van der Waals surface area (Å²) in [6.45, 7) is 2.30. The largest absolute Gasteiger partial charge is 0.480 e. The quantitative estimate of drug-likeness (QED) is 0.858. The van der Waals surface area contributed by atoms with Crippen LogP contribution < -0.4 is 5.56 Å². The molecule has 0 saturated carbocycles. The molecule has 6 nitrogen and oxygen atoms in total. The predicted octanol–water partition coefficient (Wildman–Crippen LogP) is 0.574. The van der Waals surface area contributed by atoms with Crippen LogP contribution in [0.1, 0.15) is 18.9 Å². The highest BCUT2D eigenvalue weighted by atomic mass is 32.2. The first-order valence-corrected chi connectivity index (χ1v) is 7.68. The second kappa shape index (κ2) is 5.35. The Bertz CT molecular complexity index is 694. The summed E-state index contributed by atoms with van der Waals surface area (Å²) in [5.41, 5.74) is -0.333. The van der Waals surface area contributed by atoms with E-state index in [1.807, 2.05) is 0 Å². The van der Waals surface area contributed by atoms with Crippen molar-refractivity contribution in [3.05, 3.63) is 34.0 Å². The SMILES string of the molecule is Cc1cc(=O)n(CCC(C)(C(=O)O)S(C)(=O)=O)cc1F. The number of carboxylic acid groups (broad SMARTS) is 1. The average molecular weight is 305 g/mol. The Morgan fingerprint density at radius 2 is 2.05 bits per heavy atom. The van der Waals surface area contributed by atoms with Crippen LogP contribution in [0.25, 0.3) is 0 Å². The summed E-state index contributed by atoms with van der Waals surface area (Å²) < 4.78 is 35.5. The molecule has 8 heteroatoms. The number of hydrogen-bond acceptors (Lipinski definition) is 4. The van der Waals surface area contributed by atoms with Gasteiger partial charge in [-0.2, -0.15) is 0 Å². The van der Waals surface area contributed by atoms with Crippen LogP contribution >= 0.6 is 0 Å². The molecule has 1 rings (SSSR count). The van der Waals surface area contributed by atoms with Crippen molar-refractivity contribution in [2.24, 2.45) is 0 Å². The molecular formula is C12H16FNO5S. The van der Waals surface area contributed by atoms with Crippen molar-refractivity contribution in [1.82, 2.24) is 4.57 Å². The number of aliphatic carboxylic acids is 1. The number of aromatic nitrogens is 1. The van der Waals surface area contributed by atoms with E-state index in [9.17, 15) is 22.4 Å². The smallest absolute Gasteiger partial charge is 0.324 e. The maximum absolute atomic E-state index is 13.4. The maximum atomic E-state index is 13.4. The van der Waals surface area contributed by atoms with Gasteiger partial charge >= 0.3 is 5.97 Å². The maximum Gasteiger partial charge on any atom is 0.324 e. The van der Waals surface area contributed by atoms with Crippen LogP contribution in [0.5, 0.6) is 0 Å². The summed E-state index contributed by atoms with van der Waals surface area (Å²) in [5.74, 6) is -2.11. The van der Waals surface area contributed by atoms with E-state index in [1.54, 1.807) is 0 Å². The zero-order chi connectivity index (χ0) is 15.7. The van der Waals surface area contributed by atoms with E-state index in [4.69, 9.17) is 5.11 Å². The van der Waals surface area contributed by atoms with Crippen LogP contribution in [0.3, 0.4) is 0 Å². The third-order valence-electron chi connectivity index (χ3n) is 3.37. The topological polar surface area (TPSA) is 93.4 Å². The van der Waals surface area contributed by atoms with Crippen LogP contribution in [-0.2, 0) is 21.2 Å². The number of hydrogen-bond donors (Lipinski definition) is 1. The van der Waals surface area contributed by atoms with Gasteiger partial charge in [-0.3, -0.25) is 9.59 Å². The van der Waals surface area contributed by atoms with E-state index in [2.05, 4.69) is 0 Å². The van der Waals surface area contributed by atoms with Crippen molar-refractivity contribution in [2.45, 2.75) is 31.6 Å². The summed E-state index contributed by atoms with van der Waals surface area (Å²) in [4.78, 5) is 22.8. The van der Waals surface area contributed by atoms with Crippen molar-refractivity contribution in [2.75, 3.05) is 6.26 Å². The van der Waals surface area contributed by atoms with Crippen LogP contribution in [0.15, 0.2) is 17.1 Å². The second-order valence-electron chi connectivity index (χ2n) is 4.89. The summed E-state index contributed by atoms with van der Waals surface area (Å²) in [6, 6.07) is 1.08. The van der Waals surface area contributed by atoms with Crippen molar-refractivity contribution >= 4 is 15.8 Å². The fourth-order valence-electron chi connectivity index (χ4n) is 1.60. The molecule has 0 radical (unpaired) electrons. The van der Waals surface area contributed by atoms with E-state index in [-0.39, 0.29) is 18.5 Å². The molecular weight excluding hydrogens is 289 g/mol. The molecule has 0 spiro atoms. The molecule has 0 aliphatic rings. The van der Waals surface area contributed by atoms with Crippen LogP contribution in [0.4, 0.5) is 4.39 Å². The Morgan fingerprint density at radius 1 is 1.50 bits per heavy atom. The molecule has 20 heavy (non-hydrogen) atoms. The van der Waals surface area contributed by atoms with Gasteiger partial charge in [-0.25, -0.2) is 12.8 Å². The Morgan fingerprint density at radius 3 is 2.50 bits per heavy atom. The molecule has 0 saturated heterocycles. The first-order valence-electron chi connectivity index (χ1n) is 5.78. The minimum absolute atomic E-state index is 0.176. The van der Waals surface area contributed by atoms with Gasteiger partial charge < -0.3 is 9.67 Å². The number of rotatable bonds is 5. The standard InChI is InChI=1S/C12H16FNO5S/c1-8-6-10(15)14(7-9(8)13)5-4-12(2,11(16)17)20(3,18)19/h6-7H,4-5H2,1-3H3,(H,16,17). The van der Waals surface area contributed by atoms with Crippen molar-refractivity contribution in [3.8, 4) is 0 Å². The third kappa shape index (κ3) is 3.06. The van der Waals surface area contributed by atoms with E-state index >= 15 is 0 Å². The molecule has 0 amide bonds. The lowest BCUT2D eigenvalue weighted by molar-refractivity contribution is -0.139. The molecule has 1 unspecified atom stereocenters. The van der Waals surface area contributed by atoms with E-state index in [1.165, 1.54) is 6.92 Å². The van der Waals surface area contributed by atoms with Crippen LogP contribution in [-0.4, -0.2) is 35.1 Å². The Hall–Kier alpha value is -1.70. The van der Waals surface area contributed by atoms with Gasteiger partial charge in [0.15, 0.2) is 14.6 Å². The highest BCUT2D eigenvalue weighted by molar-refractivity contribution is 7.92. The number of carboxylic acids is 1. The minimum atomic E-state index is -3.87. The van der Waals surface area contributed by atoms with E-state index in [0.29, 0.717) is 0 Å². The van der Waals surface area contributed by atoms with Gasteiger partial charge in [0.2, 0.25) is 0 Å². The zero-order valence-electron chi connectivity index (χ0n) is 11.4. The third-order valence-corrected chi connectivity index (χ3v) is 5.38. The molecule has 0 bridgehead atoms. The van der Waals surface area contributed by atoms with Crippen LogP contribution in [0, 0.1) is 12.7 Å². The number of pyridine rings is 1. The lowest BCUT2D eigenvalue weighted by atomic mass is 10.1. The molecule has 1 aromatic heterocycles. The molecule has 0 aliphatic carbocycles. The van der Waals surface area contributed by atoms with Gasteiger partial charge in [0.1, 0.15) is 5.82 Å². The van der Waals surface area contributed by atoms with E-state index < -0.39 is 31.9 Å². The summed E-state index contributed by atoms with van der Waals surface area (Å²) in [5, 5.41) is 9.07.